The van der Waals surface area contributed by atoms with Crippen LogP contribution in [0.15, 0.2) is 0 Å². The summed E-state index contributed by atoms with van der Waals surface area (Å²) in [5.74, 6) is -1.45. The highest BCUT2D eigenvalue weighted by atomic mass is 16.4. The number of nitrogens with zero attached hydrogens (tertiary/aromatic N) is 1. The van der Waals surface area contributed by atoms with Crippen LogP contribution in [0.25, 0.3) is 0 Å². The van der Waals surface area contributed by atoms with Crippen molar-refractivity contribution in [1.82, 2.24) is 4.90 Å². The summed E-state index contributed by atoms with van der Waals surface area (Å²) in [6.07, 6.45) is 2.60. The molecular weight excluding hydrogens is 198 g/mol. The van der Waals surface area contributed by atoms with E-state index in [1.54, 1.807) is 4.90 Å². The van der Waals surface area contributed by atoms with E-state index >= 15 is 0 Å². The first kappa shape index (κ1) is 11.9. The zero-order chi connectivity index (χ0) is 11.4. The minimum Gasteiger partial charge on any atom is -0.480 e. The van der Waals surface area contributed by atoms with Crippen molar-refractivity contribution in [3.63, 3.8) is 0 Å². The number of likely N-dealkylation sites (tertiary alicyclic amines) is 1. The first-order valence-corrected chi connectivity index (χ1v) is 5.04. The maximum Gasteiger partial charge on any atom is 0.321 e. The summed E-state index contributed by atoms with van der Waals surface area (Å²) in [5, 5.41) is 8.67. The number of rotatable bonds is 4. The molecule has 6 heteroatoms. The van der Waals surface area contributed by atoms with E-state index in [0.29, 0.717) is 13.0 Å². The number of carbonyl (C=O) groups excluding carboxylic acids is 1. The fourth-order valence-corrected chi connectivity index (χ4v) is 1.86. The number of amides is 1. The summed E-state index contributed by atoms with van der Waals surface area (Å²) in [6.45, 7) is 0.873. The molecule has 0 spiro atoms. The predicted molar refractivity (Wildman–Crippen MR) is 54.0 cm³/mol. The zero-order valence-electron chi connectivity index (χ0n) is 8.56. The second-order valence-electron chi connectivity index (χ2n) is 3.85. The van der Waals surface area contributed by atoms with Crippen LogP contribution in [0.2, 0.25) is 0 Å². The number of carboxylic acids is 1. The second kappa shape index (κ2) is 5.09. The van der Waals surface area contributed by atoms with Gasteiger partial charge >= 0.3 is 5.97 Å². The Morgan fingerprint density at radius 1 is 1.47 bits per heavy atom. The highest BCUT2D eigenvalue weighted by Gasteiger charge is 2.29. The molecule has 1 aliphatic rings. The fraction of sp³-hybridized carbons (Fsp3) is 0.778. The SMILES string of the molecule is NC(=O)C1CCCCN1CC(N)C(=O)O. The van der Waals surface area contributed by atoms with Gasteiger partial charge in [-0.1, -0.05) is 6.42 Å². The Kier molecular flexibility index (Phi) is 4.05. The van der Waals surface area contributed by atoms with Crippen molar-refractivity contribution in [2.75, 3.05) is 13.1 Å². The molecule has 5 N–H and O–H groups in total. The summed E-state index contributed by atoms with van der Waals surface area (Å²) in [4.78, 5) is 23.5. The van der Waals surface area contributed by atoms with Crippen LogP contribution in [-0.2, 0) is 9.59 Å². The van der Waals surface area contributed by atoms with Gasteiger partial charge < -0.3 is 16.6 Å². The summed E-state index contributed by atoms with van der Waals surface area (Å²) >= 11 is 0. The minimum atomic E-state index is -1.05. The smallest absolute Gasteiger partial charge is 0.321 e. The maximum absolute atomic E-state index is 11.1. The van der Waals surface area contributed by atoms with Gasteiger partial charge in [0.2, 0.25) is 5.91 Å². The zero-order valence-corrected chi connectivity index (χ0v) is 8.56. The Balaban J connectivity index is 2.56. The van der Waals surface area contributed by atoms with Crippen molar-refractivity contribution >= 4 is 11.9 Å². The van der Waals surface area contributed by atoms with Gasteiger partial charge in [-0.25, -0.2) is 0 Å². The third-order valence-electron chi connectivity index (χ3n) is 2.69. The molecule has 0 radical (unpaired) electrons. The molecule has 0 aliphatic carbocycles. The summed E-state index contributed by atoms with van der Waals surface area (Å²) in [6, 6.07) is -1.31. The molecule has 1 saturated heterocycles. The van der Waals surface area contributed by atoms with Crippen molar-refractivity contribution in [2.24, 2.45) is 11.5 Å². The average molecular weight is 215 g/mol. The van der Waals surface area contributed by atoms with E-state index < -0.39 is 17.9 Å². The fourth-order valence-electron chi connectivity index (χ4n) is 1.86. The van der Waals surface area contributed by atoms with Crippen molar-refractivity contribution in [3.05, 3.63) is 0 Å². The summed E-state index contributed by atoms with van der Waals surface area (Å²) < 4.78 is 0. The third-order valence-corrected chi connectivity index (χ3v) is 2.69. The van der Waals surface area contributed by atoms with E-state index in [4.69, 9.17) is 16.6 Å². The number of piperidine rings is 1. The second-order valence-corrected chi connectivity index (χ2v) is 3.85. The quantitative estimate of drug-likeness (QED) is 0.542. The average Bonchev–Trinajstić information content (AvgIpc) is 2.18. The molecule has 1 rings (SSSR count). The van der Waals surface area contributed by atoms with Gasteiger partial charge in [0.05, 0.1) is 6.04 Å². The molecule has 0 aromatic rings. The van der Waals surface area contributed by atoms with Crippen LogP contribution in [0, 0.1) is 0 Å². The Bertz CT molecular complexity index is 257. The number of hydrogen-bond acceptors (Lipinski definition) is 4. The Labute approximate surface area is 88.2 Å². The van der Waals surface area contributed by atoms with E-state index in [9.17, 15) is 9.59 Å². The van der Waals surface area contributed by atoms with Gasteiger partial charge in [-0.2, -0.15) is 0 Å². The van der Waals surface area contributed by atoms with Crippen LogP contribution < -0.4 is 11.5 Å². The maximum atomic E-state index is 11.1. The summed E-state index contributed by atoms with van der Waals surface area (Å²) in [5.41, 5.74) is 10.7. The van der Waals surface area contributed by atoms with E-state index in [1.807, 2.05) is 0 Å². The van der Waals surface area contributed by atoms with Gasteiger partial charge in [0.1, 0.15) is 6.04 Å². The summed E-state index contributed by atoms with van der Waals surface area (Å²) in [7, 11) is 0. The van der Waals surface area contributed by atoms with Gasteiger partial charge in [-0.05, 0) is 19.4 Å². The number of primary amides is 1. The van der Waals surface area contributed by atoms with Crippen LogP contribution in [0.5, 0.6) is 0 Å². The number of hydrogen-bond donors (Lipinski definition) is 3. The third kappa shape index (κ3) is 3.17. The minimum absolute atomic E-state index is 0.183. The van der Waals surface area contributed by atoms with Crippen LogP contribution in [-0.4, -0.2) is 47.1 Å². The monoisotopic (exact) mass is 215 g/mol. The van der Waals surface area contributed by atoms with E-state index in [1.165, 1.54) is 0 Å². The van der Waals surface area contributed by atoms with Crippen molar-refractivity contribution < 1.29 is 14.7 Å². The molecule has 0 bridgehead atoms. The van der Waals surface area contributed by atoms with Gasteiger partial charge in [-0.15, -0.1) is 0 Å². The van der Waals surface area contributed by atoms with E-state index in [-0.39, 0.29) is 12.6 Å². The first-order valence-electron chi connectivity index (χ1n) is 5.04. The highest BCUT2D eigenvalue weighted by molar-refractivity contribution is 5.80. The lowest BCUT2D eigenvalue weighted by atomic mass is 10.0. The van der Waals surface area contributed by atoms with Crippen molar-refractivity contribution in [2.45, 2.75) is 31.3 Å². The molecule has 2 unspecified atom stereocenters. The van der Waals surface area contributed by atoms with Crippen LogP contribution in [0.1, 0.15) is 19.3 Å². The normalized spacial score (nSPS) is 24.7. The molecule has 0 saturated carbocycles. The number of nitrogens with two attached hydrogens (primary N) is 2. The molecule has 6 nitrogen and oxygen atoms in total. The van der Waals surface area contributed by atoms with Crippen molar-refractivity contribution in [1.29, 1.82) is 0 Å². The number of carbonyl (C=O) groups is 2. The predicted octanol–water partition coefficient (Wildman–Crippen LogP) is -1.26. The lowest BCUT2D eigenvalue weighted by Crippen LogP contribution is -2.53. The lowest BCUT2D eigenvalue weighted by molar-refractivity contribution is -0.140. The molecule has 1 aliphatic heterocycles. The molecule has 0 aromatic heterocycles. The molecule has 1 fully saturated rings. The van der Waals surface area contributed by atoms with Gasteiger partial charge in [-0.3, -0.25) is 14.5 Å². The molecule has 0 aromatic carbocycles. The standard InChI is InChI=1S/C9H17N3O3/c10-6(9(14)15)5-12-4-2-1-3-7(12)8(11)13/h6-7H,1-5,10H2,(H2,11,13)(H,14,15). The van der Waals surface area contributed by atoms with Gasteiger partial charge in [0.25, 0.3) is 0 Å². The van der Waals surface area contributed by atoms with Gasteiger partial charge in [0.15, 0.2) is 0 Å². The Morgan fingerprint density at radius 2 is 2.13 bits per heavy atom. The Hall–Kier alpha value is -1.14. The number of aliphatic carboxylic acids is 1. The van der Waals surface area contributed by atoms with E-state index in [0.717, 1.165) is 12.8 Å². The lowest BCUT2D eigenvalue weighted by Gasteiger charge is -2.34. The van der Waals surface area contributed by atoms with E-state index in [2.05, 4.69) is 0 Å². The largest absolute Gasteiger partial charge is 0.480 e. The molecule has 15 heavy (non-hydrogen) atoms. The Morgan fingerprint density at radius 3 is 2.67 bits per heavy atom. The van der Waals surface area contributed by atoms with Crippen LogP contribution in [0.3, 0.4) is 0 Å². The molecule has 1 amide bonds. The molecule has 2 atom stereocenters. The highest BCUT2D eigenvalue weighted by Crippen LogP contribution is 2.16. The topological polar surface area (TPSA) is 110 Å². The van der Waals surface area contributed by atoms with Crippen molar-refractivity contribution in [3.8, 4) is 0 Å². The van der Waals surface area contributed by atoms with Crippen LogP contribution >= 0.6 is 0 Å². The molecule has 1 heterocycles. The van der Waals surface area contributed by atoms with Crippen LogP contribution in [0.4, 0.5) is 0 Å². The first-order chi connectivity index (χ1) is 7.02. The molecular formula is C9H17N3O3. The van der Waals surface area contributed by atoms with Gasteiger partial charge in [0, 0.05) is 6.54 Å². The number of carboxylic acid groups (broad SMARTS) is 1. The molecule has 86 valence electrons.